The van der Waals surface area contributed by atoms with Crippen molar-refractivity contribution in [2.45, 2.75) is 18.8 Å². The Morgan fingerprint density at radius 3 is 2.87 bits per heavy atom. The van der Waals surface area contributed by atoms with E-state index < -0.39 is 0 Å². The van der Waals surface area contributed by atoms with Crippen molar-refractivity contribution >= 4 is 28.8 Å². The third kappa shape index (κ3) is 1.37. The Morgan fingerprint density at radius 2 is 2.20 bits per heavy atom. The number of aromatic amines is 1. The van der Waals surface area contributed by atoms with Gasteiger partial charge in [0, 0.05) is 28.1 Å². The number of H-pyrrole nitrogens is 1. The largest absolute Gasteiger partial charge is 0.357 e. The Kier molecular flexibility index (Phi) is 1.86. The van der Waals surface area contributed by atoms with Crippen molar-refractivity contribution in [3.63, 3.8) is 0 Å². The van der Waals surface area contributed by atoms with Gasteiger partial charge in [0.15, 0.2) is 0 Å². The molecule has 3 heteroatoms. The predicted molar refractivity (Wildman–Crippen MR) is 60.7 cm³/mol. The van der Waals surface area contributed by atoms with Gasteiger partial charge in [-0.15, -0.1) is 0 Å². The smallest absolute Gasteiger partial charge is 0.150 e. The number of fused-ring (bicyclic) bond motifs is 1. The van der Waals surface area contributed by atoms with Gasteiger partial charge in [0.05, 0.1) is 5.02 Å². The van der Waals surface area contributed by atoms with Crippen LogP contribution in [0.15, 0.2) is 18.2 Å². The van der Waals surface area contributed by atoms with Crippen molar-refractivity contribution in [2.75, 3.05) is 0 Å². The van der Waals surface area contributed by atoms with E-state index in [1.807, 2.05) is 12.1 Å². The lowest BCUT2D eigenvalue weighted by Crippen LogP contribution is -1.77. The first-order valence-electron chi connectivity index (χ1n) is 5.06. The van der Waals surface area contributed by atoms with E-state index in [-0.39, 0.29) is 0 Å². The first-order valence-corrected chi connectivity index (χ1v) is 5.43. The molecule has 76 valence electrons. The van der Waals surface area contributed by atoms with Crippen LogP contribution < -0.4 is 0 Å². The summed E-state index contributed by atoms with van der Waals surface area (Å²) in [5.74, 6) is 0.601. The summed E-state index contributed by atoms with van der Waals surface area (Å²) in [5, 5.41) is 1.75. The van der Waals surface area contributed by atoms with Gasteiger partial charge in [-0.2, -0.15) is 0 Å². The molecule has 2 nitrogen and oxygen atoms in total. The molecule has 0 unspecified atom stereocenters. The second-order valence-corrected chi connectivity index (χ2v) is 4.43. The average Bonchev–Trinajstić information content (AvgIpc) is 3.05. The zero-order valence-corrected chi connectivity index (χ0v) is 8.84. The minimum Gasteiger partial charge on any atom is -0.357 e. The minimum atomic E-state index is 0.601. The highest BCUT2D eigenvalue weighted by atomic mass is 35.5. The summed E-state index contributed by atoms with van der Waals surface area (Å²) >= 11 is 6.27. The highest BCUT2D eigenvalue weighted by Gasteiger charge is 2.28. The Hall–Kier alpha value is -1.28. The van der Waals surface area contributed by atoms with Crippen LogP contribution in [0.4, 0.5) is 0 Å². The van der Waals surface area contributed by atoms with Crippen LogP contribution in [0, 0.1) is 0 Å². The number of nitrogens with one attached hydrogen (secondary N) is 1. The van der Waals surface area contributed by atoms with Crippen molar-refractivity contribution in [1.29, 1.82) is 0 Å². The second-order valence-electron chi connectivity index (χ2n) is 4.05. The molecule has 1 aromatic carbocycles. The Balaban J connectivity index is 2.25. The van der Waals surface area contributed by atoms with Crippen LogP contribution in [0.3, 0.4) is 0 Å². The number of carbonyl (C=O) groups is 1. The molecule has 1 aliphatic rings. The van der Waals surface area contributed by atoms with Crippen molar-refractivity contribution in [3.8, 4) is 0 Å². The molecule has 1 saturated carbocycles. The zero-order chi connectivity index (χ0) is 10.4. The fourth-order valence-electron chi connectivity index (χ4n) is 1.92. The summed E-state index contributed by atoms with van der Waals surface area (Å²) in [4.78, 5) is 14.0. The number of halogens is 1. The van der Waals surface area contributed by atoms with Gasteiger partial charge in [0.1, 0.15) is 6.29 Å². The summed E-state index contributed by atoms with van der Waals surface area (Å²) in [6.07, 6.45) is 3.28. The third-order valence-corrected chi connectivity index (χ3v) is 3.31. The number of carbonyl (C=O) groups excluding carboxylic acids is 1. The fraction of sp³-hybridized carbons (Fsp3) is 0.250. The third-order valence-electron chi connectivity index (χ3n) is 2.91. The number of hydrogen-bond acceptors (Lipinski definition) is 1. The maximum atomic E-state index is 10.7. The molecular weight excluding hydrogens is 210 g/mol. The lowest BCUT2D eigenvalue weighted by atomic mass is 10.1. The van der Waals surface area contributed by atoms with Crippen molar-refractivity contribution in [2.24, 2.45) is 0 Å². The first-order chi connectivity index (χ1) is 7.29. The van der Waals surface area contributed by atoms with Gasteiger partial charge in [-0.1, -0.05) is 11.6 Å². The zero-order valence-electron chi connectivity index (χ0n) is 8.09. The topological polar surface area (TPSA) is 32.9 Å². The number of benzene rings is 1. The molecule has 1 aromatic heterocycles. The summed E-state index contributed by atoms with van der Waals surface area (Å²) < 4.78 is 0. The van der Waals surface area contributed by atoms with E-state index in [9.17, 15) is 4.79 Å². The highest BCUT2D eigenvalue weighted by molar-refractivity contribution is 6.36. The van der Waals surface area contributed by atoms with Gasteiger partial charge in [-0.3, -0.25) is 4.79 Å². The maximum absolute atomic E-state index is 10.7. The molecule has 0 amide bonds. The Bertz CT molecular complexity index is 540. The van der Waals surface area contributed by atoms with Crippen LogP contribution in [0.25, 0.3) is 10.9 Å². The van der Waals surface area contributed by atoms with Crippen molar-refractivity contribution in [1.82, 2.24) is 4.98 Å². The van der Waals surface area contributed by atoms with E-state index in [2.05, 4.69) is 4.98 Å². The lowest BCUT2D eigenvalue weighted by Gasteiger charge is -1.92. The first kappa shape index (κ1) is 8.98. The summed E-state index contributed by atoms with van der Waals surface area (Å²) in [6, 6.07) is 5.56. The van der Waals surface area contributed by atoms with E-state index in [4.69, 9.17) is 11.6 Å². The quantitative estimate of drug-likeness (QED) is 0.771. The maximum Gasteiger partial charge on any atom is 0.150 e. The molecule has 1 heterocycles. The van der Waals surface area contributed by atoms with Gasteiger partial charge in [0.25, 0.3) is 0 Å². The molecule has 1 N–H and O–H groups in total. The van der Waals surface area contributed by atoms with Crippen LogP contribution >= 0.6 is 11.6 Å². The standard InChI is InChI=1S/C12H10ClNO/c13-11-9-5-7(6-15)1-4-10(9)14-12(11)8-2-3-8/h1,4-6,8,14H,2-3H2. The summed E-state index contributed by atoms with van der Waals surface area (Å²) in [7, 11) is 0. The van der Waals surface area contributed by atoms with Gasteiger partial charge in [-0.05, 0) is 31.0 Å². The number of rotatable bonds is 2. The van der Waals surface area contributed by atoms with E-state index in [0.717, 1.165) is 27.9 Å². The summed E-state index contributed by atoms with van der Waals surface area (Å²) in [6.45, 7) is 0. The number of aldehydes is 1. The van der Waals surface area contributed by atoms with Crippen LogP contribution in [-0.2, 0) is 0 Å². The van der Waals surface area contributed by atoms with Gasteiger partial charge in [0.2, 0.25) is 0 Å². The minimum absolute atomic E-state index is 0.601. The van der Waals surface area contributed by atoms with Crippen molar-refractivity contribution in [3.05, 3.63) is 34.5 Å². The highest BCUT2D eigenvalue weighted by Crippen LogP contribution is 2.45. The molecule has 0 radical (unpaired) electrons. The van der Waals surface area contributed by atoms with Gasteiger partial charge < -0.3 is 4.98 Å². The van der Waals surface area contributed by atoms with Crippen molar-refractivity contribution < 1.29 is 4.79 Å². The molecule has 0 saturated heterocycles. The SMILES string of the molecule is O=Cc1ccc2[nH]c(C3CC3)c(Cl)c2c1. The fourth-order valence-corrected chi connectivity index (χ4v) is 2.28. The molecule has 0 spiro atoms. The molecule has 0 aliphatic heterocycles. The van der Waals surface area contributed by atoms with Crippen LogP contribution in [0.1, 0.15) is 34.8 Å². The molecule has 1 aliphatic carbocycles. The van der Waals surface area contributed by atoms with Crippen LogP contribution in [-0.4, -0.2) is 11.3 Å². The second kappa shape index (κ2) is 3.11. The molecule has 1 fully saturated rings. The average molecular weight is 220 g/mol. The molecule has 2 aromatic rings. The molecule has 3 rings (SSSR count). The van der Waals surface area contributed by atoms with E-state index in [1.165, 1.54) is 12.8 Å². The van der Waals surface area contributed by atoms with Gasteiger partial charge in [-0.25, -0.2) is 0 Å². The predicted octanol–water partition coefficient (Wildman–Crippen LogP) is 3.51. The van der Waals surface area contributed by atoms with E-state index >= 15 is 0 Å². The monoisotopic (exact) mass is 219 g/mol. The van der Waals surface area contributed by atoms with Crippen LogP contribution in [0.2, 0.25) is 5.02 Å². The van der Waals surface area contributed by atoms with Gasteiger partial charge >= 0.3 is 0 Å². The normalized spacial score (nSPS) is 15.8. The van der Waals surface area contributed by atoms with E-state index in [1.54, 1.807) is 6.07 Å². The van der Waals surface area contributed by atoms with E-state index in [0.29, 0.717) is 11.5 Å². The summed E-state index contributed by atoms with van der Waals surface area (Å²) in [5.41, 5.74) is 2.83. The lowest BCUT2D eigenvalue weighted by molar-refractivity contribution is 0.112. The number of hydrogen-bond donors (Lipinski definition) is 1. The number of aromatic nitrogens is 1. The molecule has 0 bridgehead atoms. The Labute approximate surface area is 92.2 Å². The molecule has 0 atom stereocenters. The molecule has 15 heavy (non-hydrogen) atoms. The molecular formula is C12H10ClNO. The Morgan fingerprint density at radius 1 is 1.40 bits per heavy atom. The van der Waals surface area contributed by atoms with Crippen LogP contribution in [0.5, 0.6) is 0 Å².